The second-order valence-corrected chi connectivity index (χ2v) is 11.7. The second-order valence-electron chi connectivity index (χ2n) is 10.4. The number of carbonyl (C=O) groups is 2. The standard InChI is InChI=1S/C30H57O8P/c1-3-5-7-9-11-13-14-15-16-17-19-20-22-24-29(31)36-26-28(27-37-39(33,34)35)38-30(32)25-23-21-18-12-10-8-6-4-2/h13-14,28H,3-12,15-27H2,1-2H3,(H2,33,34,35)/b14-13+/t28-/m1/s1. The fourth-order valence-corrected chi connectivity index (χ4v) is 4.55. The highest BCUT2D eigenvalue weighted by Gasteiger charge is 2.22. The van der Waals surface area contributed by atoms with E-state index in [0.29, 0.717) is 12.8 Å². The molecular formula is C30H57O8P. The Morgan fingerprint density at radius 2 is 1.08 bits per heavy atom. The lowest BCUT2D eigenvalue weighted by Gasteiger charge is -2.18. The lowest BCUT2D eigenvalue weighted by Crippen LogP contribution is -2.29. The topological polar surface area (TPSA) is 119 Å². The first-order valence-electron chi connectivity index (χ1n) is 15.5. The summed E-state index contributed by atoms with van der Waals surface area (Å²) in [6, 6.07) is 0. The minimum absolute atomic E-state index is 0.212. The van der Waals surface area contributed by atoms with Crippen LogP contribution in [-0.2, 0) is 28.2 Å². The number of hydrogen-bond donors (Lipinski definition) is 2. The van der Waals surface area contributed by atoms with Crippen LogP contribution >= 0.6 is 7.82 Å². The summed E-state index contributed by atoms with van der Waals surface area (Å²) in [4.78, 5) is 42.3. The SMILES string of the molecule is CCCCCC/C=C/CCCCCCCC(=O)OC[C@H](COP(=O)(O)O)OC(=O)CCCCCCCCCC. The van der Waals surface area contributed by atoms with E-state index in [0.717, 1.165) is 51.4 Å². The maximum absolute atomic E-state index is 12.2. The van der Waals surface area contributed by atoms with Crippen molar-refractivity contribution in [1.29, 1.82) is 0 Å². The van der Waals surface area contributed by atoms with Crippen LogP contribution in [0.3, 0.4) is 0 Å². The molecule has 0 radical (unpaired) electrons. The molecule has 0 rings (SSSR count). The molecule has 0 aromatic rings. The Bertz CT molecular complexity index is 661. The van der Waals surface area contributed by atoms with Crippen LogP contribution in [0.5, 0.6) is 0 Å². The van der Waals surface area contributed by atoms with Gasteiger partial charge in [-0.3, -0.25) is 14.1 Å². The molecule has 0 bridgehead atoms. The lowest BCUT2D eigenvalue weighted by atomic mass is 10.1. The molecule has 0 aliphatic heterocycles. The molecule has 39 heavy (non-hydrogen) atoms. The summed E-state index contributed by atoms with van der Waals surface area (Å²) in [5.74, 6) is -0.899. The minimum Gasteiger partial charge on any atom is -0.462 e. The molecule has 0 saturated heterocycles. The number of allylic oxidation sites excluding steroid dienone is 2. The van der Waals surface area contributed by atoms with Gasteiger partial charge in [-0.2, -0.15) is 0 Å². The van der Waals surface area contributed by atoms with Crippen molar-refractivity contribution in [3.8, 4) is 0 Å². The largest absolute Gasteiger partial charge is 0.469 e. The fourth-order valence-electron chi connectivity index (χ4n) is 4.19. The van der Waals surface area contributed by atoms with Gasteiger partial charge in [0.25, 0.3) is 0 Å². The maximum Gasteiger partial charge on any atom is 0.469 e. The molecule has 0 aromatic carbocycles. The third kappa shape index (κ3) is 29.6. The molecule has 0 amide bonds. The molecule has 0 aromatic heterocycles. The summed E-state index contributed by atoms with van der Waals surface area (Å²) in [5.41, 5.74) is 0. The van der Waals surface area contributed by atoms with E-state index in [4.69, 9.17) is 19.3 Å². The van der Waals surface area contributed by atoms with Crippen molar-refractivity contribution in [1.82, 2.24) is 0 Å². The molecule has 0 saturated carbocycles. The molecule has 0 aliphatic carbocycles. The summed E-state index contributed by atoms with van der Waals surface area (Å²) < 4.78 is 26.1. The van der Waals surface area contributed by atoms with Gasteiger partial charge in [-0.1, -0.05) is 109 Å². The van der Waals surface area contributed by atoms with E-state index in [-0.39, 0.29) is 19.4 Å². The lowest BCUT2D eigenvalue weighted by molar-refractivity contribution is -0.161. The number of rotatable bonds is 28. The van der Waals surface area contributed by atoms with Crippen molar-refractivity contribution < 1.29 is 37.9 Å². The van der Waals surface area contributed by atoms with Crippen molar-refractivity contribution in [2.45, 2.75) is 155 Å². The van der Waals surface area contributed by atoms with Gasteiger partial charge in [0.2, 0.25) is 0 Å². The number of phosphoric ester groups is 1. The van der Waals surface area contributed by atoms with Gasteiger partial charge in [0.05, 0.1) is 6.61 Å². The monoisotopic (exact) mass is 576 g/mol. The van der Waals surface area contributed by atoms with Crippen molar-refractivity contribution in [2.24, 2.45) is 0 Å². The number of ether oxygens (including phenoxy) is 2. The first-order chi connectivity index (χ1) is 18.8. The predicted octanol–water partition coefficient (Wildman–Crippen LogP) is 8.34. The van der Waals surface area contributed by atoms with Crippen LogP contribution in [0.25, 0.3) is 0 Å². The zero-order valence-electron chi connectivity index (χ0n) is 24.8. The van der Waals surface area contributed by atoms with Gasteiger partial charge in [-0.25, -0.2) is 4.57 Å². The zero-order valence-corrected chi connectivity index (χ0v) is 25.7. The summed E-state index contributed by atoms with van der Waals surface area (Å²) in [6.07, 6.45) is 25.2. The van der Waals surface area contributed by atoms with Gasteiger partial charge in [0.15, 0.2) is 6.10 Å². The third-order valence-corrected chi connectivity index (χ3v) is 7.02. The van der Waals surface area contributed by atoms with E-state index in [1.807, 2.05) is 0 Å². The van der Waals surface area contributed by atoms with E-state index < -0.39 is 32.5 Å². The highest BCUT2D eigenvalue weighted by Crippen LogP contribution is 2.35. The first kappa shape index (κ1) is 37.8. The van der Waals surface area contributed by atoms with Crippen LogP contribution in [-0.4, -0.2) is 41.0 Å². The molecule has 0 spiro atoms. The van der Waals surface area contributed by atoms with E-state index in [9.17, 15) is 14.2 Å². The van der Waals surface area contributed by atoms with Crippen LogP contribution in [0.15, 0.2) is 12.2 Å². The second kappa shape index (κ2) is 27.0. The number of carbonyl (C=O) groups excluding carboxylic acids is 2. The summed E-state index contributed by atoms with van der Waals surface area (Å²) in [6.45, 7) is 3.59. The van der Waals surface area contributed by atoms with Crippen LogP contribution in [0.2, 0.25) is 0 Å². The van der Waals surface area contributed by atoms with Gasteiger partial charge in [0.1, 0.15) is 6.61 Å². The number of phosphoric acid groups is 1. The predicted molar refractivity (Wildman–Crippen MR) is 156 cm³/mol. The van der Waals surface area contributed by atoms with Gasteiger partial charge < -0.3 is 19.3 Å². The molecule has 1 atom stereocenters. The molecule has 0 aliphatic rings. The van der Waals surface area contributed by atoms with Crippen LogP contribution in [0.4, 0.5) is 0 Å². The number of unbranched alkanes of at least 4 members (excludes halogenated alkanes) is 16. The Hall–Kier alpha value is -1.21. The van der Waals surface area contributed by atoms with Gasteiger partial charge >= 0.3 is 19.8 Å². The van der Waals surface area contributed by atoms with Crippen molar-refractivity contribution in [3.63, 3.8) is 0 Å². The Labute approximate surface area is 237 Å². The normalized spacial score (nSPS) is 12.6. The summed E-state index contributed by atoms with van der Waals surface area (Å²) >= 11 is 0. The molecule has 8 nitrogen and oxygen atoms in total. The van der Waals surface area contributed by atoms with E-state index in [1.165, 1.54) is 57.8 Å². The fraction of sp³-hybridized carbons (Fsp3) is 0.867. The van der Waals surface area contributed by atoms with E-state index >= 15 is 0 Å². The van der Waals surface area contributed by atoms with Gasteiger partial charge in [0, 0.05) is 12.8 Å². The maximum atomic E-state index is 12.2. The molecule has 0 fully saturated rings. The Balaban J connectivity index is 4.03. The first-order valence-corrected chi connectivity index (χ1v) is 17.0. The van der Waals surface area contributed by atoms with Crippen LogP contribution < -0.4 is 0 Å². The van der Waals surface area contributed by atoms with E-state index in [1.54, 1.807) is 0 Å². The number of esters is 2. The van der Waals surface area contributed by atoms with Crippen molar-refractivity contribution >= 4 is 19.8 Å². The molecule has 0 heterocycles. The molecule has 230 valence electrons. The highest BCUT2D eigenvalue weighted by molar-refractivity contribution is 7.46. The summed E-state index contributed by atoms with van der Waals surface area (Å²) in [5, 5.41) is 0. The molecule has 0 unspecified atom stereocenters. The van der Waals surface area contributed by atoms with Crippen molar-refractivity contribution in [3.05, 3.63) is 12.2 Å². The molecular weight excluding hydrogens is 519 g/mol. The van der Waals surface area contributed by atoms with Crippen LogP contribution in [0.1, 0.15) is 149 Å². The average molecular weight is 577 g/mol. The Morgan fingerprint density at radius 3 is 1.59 bits per heavy atom. The summed E-state index contributed by atoms with van der Waals surface area (Å²) in [7, 11) is -4.73. The average Bonchev–Trinajstić information content (AvgIpc) is 2.89. The number of hydrogen-bond acceptors (Lipinski definition) is 6. The third-order valence-electron chi connectivity index (χ3n) is 6.53. The van der Waals surface area contributed by atoms with Gasteiger partial charge in [-0.05, 0) is 38.5 Å². The minimum atomic E-state index is -4.73. The molecule has 2 N–H and O–H groups in total. The quantitative estimate of drug-likeness (QED) is 0.0413. The van der Waals surface area contributed by atoms with Crippen LogP contribution in [0, 0.1) is 0 Å². The van der Waals surface area contributed by atoms with E-state index in [2.05, 4.69) is 30.5 Å². The molecule has 9 heteroatoms. The van der Waals surface area contributed by atoms with Crippen molar-refractivity contribution in [2.75, 3.05) is 13.2 Å². The zero-order chi connectivity index (χ0) is 29.0. The Kier molecular flexibility index (Phi) is 26.1. The van der Waals surface area contributed by atoms with Gasteiger partial charge in [-0.15, -0.1) is 0 Å². The smallest absolute Gasteiger partial charge is 0.462 e. The Morgan fingerprint density at radius 1 is 0.641 bits per heavy atom. The highest BCUT2D eigenvalue weighted by atomic mass is 31.2.